The summed E-state index contributed by atoms with van der Waals surface area (Å²) in [6.45, 7) is 13.3. The molecule has 0 bridgehead atoms. The van der Waals surface area contributed by atoms with Crippen LogP contribution in [0.25, 0.3) is 21.5 Å². The SMILES string of the molecule is C=CCC1(C)C(/C=C/C=C2/N(CCC(=O)O)c3ccc4ccccc4c3C2(C)CC=C)=[N+](CCC(=O)O)c2ccc3ccccc3c21. The van der Waals surface area contributed by atoms with Crippen molar-refractivity contribution in [1.29, 1.82) is 0 Å². The minimum Gasteiger partial charge on any atom is -0.481 e. The summed E-state index contributed by atoms with van der Waals surface area (Å²) in [4.78, 5) is 25.8. The number of hydrogen-bond donors (Lipinski definition) is 2. The van der Waals surface area contributed by atoms with Crippen LogP contribution in [0.2, 0.25) is 0 Å². The van der Waals surface area contributed by atoms with Gasteiger partial charge in [-0.3, -0.25) is 9.59 Å². The maximum absolute atomic E-state index is 11.8. The minimum atomic E-state index is -0.847. The van der Waals surface area contributed by atoms with Crippen LogP contribution in [0, 0.1) is 0 Å². The number of rotatable bonds is 12. The summed E-state index contributed by atoms with van der Waals surface area (Å²) < 4.78 is 2.15. The molecule has 6 rings (SSSR count). The van der Waals surface area contributed by atoms with Gasteiger partial charge in [-0.15, -0.1) is 13.2 Å². The highest BCUT2D eigenvalue weighted by molar-refractivity contribution is 6.08. The first-order chi connectivity index (χ1) is 22.6. The van der Waals surface area contributed by atoms with Gasteiger partial charge in [0.05, 0.1) is 11.8 Å². The van der Waals surface area contributed by atoms with Crippen molar-refractivity contribution >= 4 is 50.6 Å². The first-order valence-electron chi connectivity index (χ1n) is 16.1. The number of hydrogen-bond acceptors (Lipinski definition) is 3. The molecular weight excluding hydrogens is 584 g/mol. The molecule has 2 N–H and O–H groups in total. The van der Waals surface area contributed by atoms with Gasteiger partial charge in [0, 0.05) is 41.1 Å². The summed E-state index contributed by atoms with van der Waals surface area (Å²) in [6.07, 6.45) is 11.5. The first kappa shape index (κ1) is 31.7. The van der Waals surface area contributed by atoms with E-state index in [9.17, 15) is 19.8 Å². The van der Waals surface area contributed by atoms with Crippen molar-refractivity contribution in [2.24, 2.45) is 0 Å². The zero-order valence-electron chi connectivity index (χ0n) is 27.1. The van der Waals surface area contributed by atoms with Gasteiger partial charge in [-0.1, -0.05) is 72.8 Å². The Morgan fingerprint density at radius 2 is 1.38 bits per heavy atom. The maximum atomic E-state index is 11.8. The summed E-state index contributed by atoms with van der Waals surface area (Å²) in [6, 6.07) is 25.1. The molecule has 2 unspecified atom stereocenters. The third-order valence-corrected chi connectivity index (χ3v) is 9.92. The van der Waals surface area contributed by atoms with Gasteiger partial charge in [-0.25, -0.2) is 0 Å². The molecule has 0 radical (unpaired) electrons. The van der Waals surface area contributed by atoms with Gasteiger partial charge in [0.15, 0.2) is 12.3 Å². The fourth-order valence-corrected chi connectivity index (χ4v) is 7.91. The van der Waals surface area contributed by atoms with Gasteiger partial charge in [0.1, 0.15) is 6.42 Å². The van der Waals surface area contributed by atoms with E-state index in [4.69, 9.17) is 0 Å². The number of carboxylic acid groups (broad SMARTS) is 2. The molecule has 6 nitrogen and oxygen atoms in total. The van der Waals surface area contributed by atoms with Gasteiger partial charge in [-0.05, 0) is 72.0 Å². The number of carboxylic acids is 2. The number of nitrogens with zero attached hydrogens (tertiary/aromatic N) is 2. The Labute approximate surface area is 276 Å². The van der Waals surface area contributed by atoms with E-state index in [1.165, 1.54) is 11.1 Å². The second-order valence-corrected chi connectivity index (χ2v) is 12.9. The zero-order chi connectivity index (χ0) is 33.3. The number of aliphatic carboxylic acids is 2. The van der Waals surface area contributed by atoms with E-state index in [0.717, 1.165) is 44.3 Å². The molecule has 238 valence electrons. The normalized spacial score (nSPS) is 21.1. The lowest BCUT2D eigenvalue weighted by Crippen LogP contribution is -2.31. The number of allylic oxidation sites excluding steroid dienone is 6. The van der Waals surface area contributed by atoms with Crippen LogP contribution in [-0.4, -0.2) is 45.5 Å². The summed E-state index contributed by atoms with van der Waals surface area (Å²) in [5.74, 6) is -1.69. The highest BCUT2D eigenvalue weighted by Crippen LogP contribution is 2.53. The third kappa shape index (κ3) is 5.38. The highest BCUT2D eigenvalue weighted by atomic mass is 16.4. The van der Waals surface area contributed by atoms with Crippen LogP contribution < -0.4 is 4.90 Å². The van der Waals surface area contributed by atoms with Gasteiger partial charge in [0.25, 0.3) is 0 Å². The van der Waals surface area contributed by atoms with E-state index in [2.05, 4.69) is 103 Å². The topological polar surface area (TPSA) is 80.9 Å². The second kappa shape index (κ2) is 12.5. The van der Waals surface area contributed by atoms with E-state index >= 15 is 0 Å². The third-order valence-electron chi connectivity index (χ3n) is 9.92. The summed E-state index contributed by atoms with van der Waals surface area (Å²) in [5.41, 5.74) is 5.49. The Morgan fingerprint density at radius 3 is 2.02 bits per heavy atom. The number of anilines is 1. The maximum Gasteiger partial charge on any atom is 0.309 e. The molecule has 4 aromatic rings. The van der Waals surface area contributed by atoms with Crippen LogP contribution in [0.3, 0.4) is 0 Å². The molecule has 0 fully saturated rings. The largest absolute Gasteiger partial charge is 0.481 e. The van der Waals surface area contributed by atoms with Crippen molar-refractivity contribution in [2.45, 2.75) is 50.4 Å². The smallest absolute Gasteiger partial charge is 0.309 e. The summed E-state index contributed by atoms with van der Waals surface area (Å²) in [5, 5.41) is 23.9. The zero-order valence-corrected chi connectivity index (χ0v) is 27.1. The predicted molar refractivity (Wildman–Crippen MR) is 191 cm³/mol. The Bertz CT molecular complexity index is 2040. The Kier molecular flexibility index (Phi) is 8.45. The molecule has 0 aliphatic carbocycles. The van der Waals surface area contributed by atoms with Crippen LogP contribution in [0.15, 0.2) is 122 Å². The molecule has 6 heteroatoms. The molecular formula is C41H41N2O4+. The van der Waals surface area contributed by atoms with Crippen molar-refractivity contribution in [3.63, 3.8) is 0 Å². The van der Waals surface area contributed by atoms with E-state index in [1.807, 2.05) is 36.4 Å². The number of benzene rings is 4. The quantitative estimate of drug-likeness (QED) is 0.122. The lowest BCUT2D eigenvalue weighted by molar-refractivity contribution is -0.436. The molecule has 4 aromatic carbocycles. The van der Waals surface area contributed by atoms with Crippen LogP contribution in [0.4, 0.5) is 11.4 Å². The first-order valence-corrected chi connectivity index (χ1v) is 16.1. The van der Waals surface area contributed by atoms with Crippen LogP contribution in [0.1, 0.15) is 50.7 Å². The lowest BCUT2D eigenvalue weighted by Gasteiger charge is -2.29. The average molecular weight is 626 g/mol. The van der Waals surface area contributed by atoms with Crippen LogP contribution in [0.5, 0.6) is 0 Å². The lowest BCUT2D eigenvalue weighted by atomic mass is 9.74. The van der Waals surface area contributed by atoms with Crippen molar-refractivity contribution in [1.82, 2.24) is 0 Å². The molecule has 2 aliphatic heterocycles. The summed E-state index contributed by atoms with van der Waals surface area (Å²) in [7, 11) is 0. The van der Waals surface area contributed by atoms with E-state index in [0.29, 0.717) is 25.9 Å². The van der Waals surface area contributed by atoms with Crippen molar-refractivity contribution < 1.29 is 24.4 Å². The Hall–Kier alpha value is -5.23. The number of carbonyl (C=O) groups is 2. The molecule has 2 aliphatic rings. The summed E-state index contributed by atoms with van der Waals surface area (Å²) >= 11 is 0. The van der Waals surface area contributed by atoms with E-state index in [1.54, 1.807) is 0 Å². The predicted octanol–water partition coefficient (Wildman–Crippen LogP) is 8.67. The van der Waals surface area contributed by atoms with Gasteiger partial charge < -0.3 is 15.1 Å². The van der Waals surface area contributed by atoms with Gasteiger partial charge in [-0.2, -0.15) is 4.58 Å². The van der Waals surface area contributed by atoms with Gasteiger partial charge in [0.2, 0.25) is 5.69 Å². The minimum absolute atomic E-state index is 0.00236. The molecule has 0 aromatic heterocycles. The van der Waals surface area contributed by atoms with Crippen LogP contribution in [-0.2, 0) is 20.4 Å². The molecule has 0 saturated carbocycles. The van der Waals surface area contributed by atoms with Crippen molar-refractivity contribution in [2.75, 3.05) is 18.0 Å². The van der Waals surface area contributed by atoms with Gasteiger partial charge >= 0.3 is 11.9 Å². The van der Waals surface area contributed by atoms with Crippen molar-refractivity contribution in [3.05, 3.63) is 133 Å². The standard InChI is InChI=1S/C41H40N2O4/c1-5-24-40(3)34(42(26-22-36(44)45)32-20-18-28-12-7-9-14-30(28)38(32)40)16-11-17-35-41(4,25-6-2)39-31-15-10-8-13-29(31)19-21-33(39)43(35)27-23-37(46)47/h5-21H,1-2,22-27H2,3-4H3,(H-,44,45,46,47)/p+1. The Morgan fingerprint density at radius 1 is 0.787 bits per heavy atom. The molecule has 2 atom stereocenters. The fourth-order valence-electron chi connectivity index (χ4n) is 7.91. The highest BCUT2D eigenvalue weighted by Gasteiger charge is 2.48. The molecule has 2 heterocycles. The molecule has 0 spiro atoms. The van der Waals surface area contributed by atoms with E-state index < -0.39 is 22.8 Å². The Balaban J connectivity index is 1.53. The molecule has 47 heavy (non-hydrogen) atoms. The number of fused-ring (bicyclic) bond motifs is 6. The second-order valence-electron chi connectivity index (χ2n) is 12.9. The van der Waals surface area contributed by atoms with E-state index in [-0.39, 0.29) is 12.8 Å². The average Bonchev–Trinajstić information content (AvgIpc) is 3.43. The molecule has 0 amide bonds. The van der Waals surface area contributed by atoms with Crippen LogP contribution >= 0.6 is 0 Å². The monoisotopic (exact) mass is 625 g/mol. The molecule has 0 saturated heterocycles. The fraction of sp³-hybridized carbons (Fsp3) is 0.244. The van der Waals surface area contributed by atoms with Crippen molar-refractivity contribution in [3.8, 4) is 0 Å².